The van der Waals surface area contributed by atoms with Crippen LogP contribution in [0.2, 0.25) is 0 Å². The molecule has 0 aliphatic carbocycles. The average molecular weight is 440 g/mol. The van der Waals surface area contributed by atoms with Gasteiger partial charge in [0.05, 0.1) is 33.4 Å². The van der Waals surface area contributed by atoms with Gasteiger partial charge in [0.2, 0.25) is 11.7 Å². The van der Waals surface area contributed by atoms with Crippen molar-refractivity contribution in [3.05, 3.63) is 59.7 Å². The average Bonchev–Trinajstić information content (AvgIpc) is 3.34. The molecule has 4 atom stereocenters. The fourth-order valence-corrected chi connectivity index (χ4v) is 4.90. The highest BCUT2D eigenvalue weighted by Crippen LogP contribution is 2.51. The second-order valence-corrected chi connectivity index (χ2v) is 8.07. The lowest BCUT2D eigenvalue weighted by molar-refractivity contribution is -0.130. The first-order chi connectivity index (χ1) is 15.4. The molecule has 4 rings (SSSR count). The summed E-state index contributed by atoms with van der Waals surface area (Å²) in [7, 11) is 4.69. The van der Waals surface area contributed by atoms with E-state index in [0.717, 1.165) is 16.7 Å². The molecule has 2 aromatic carbocycles. The van der Waals surface area contributed by atoms with Crippen molar-refractivity contribution in [2.75, 3.05) is 27.9 Å². The molecule has 0 aromatic heterocycles. The van der Waals surface area contributed by atoms with Crippen molar-refractivity contribution in [2.45, 2.75) is 25.0 Å². The number of hydrogen-bond donors (Lipinski definition) is 3. The van der Waals surface area contributed by atoms with Gasteiger partial charge in [0.1, 0.15) is 11.8 Å². The van der Waals surface area contributed by atoms with E-state index >= 15 is 0 Å². The number of phenols is 1. The lowest BCUT2D eigenvalue weighted by atomic mass is 9.82. The minimum absolute atomic E-state index is 0.0317. The Labute approximate surface area is 187 Å². The fourth-order valence-electron chi connectivity index (χ4n) is 4.90. The van der Waals surface area contributed by atoms with Crippen molar-refractivity contribution in [1.29, 1.82) is 0 Å². The van der Waals surface area contributed by atoms with Crippen LogP contribution in [0.5, 0.6) is 23.0 Å². The number of hydrazine groups is 1. The molecule has 2 fully saturated rings. The maximum absolute atomic E-state index is 13.3. The number of likely N-dealkylation sites (tertiary alicyclic amines) is 1. The van der Waals surface area contributed by atoms with Crippen LogP contribution in [0.25, 0.3) is 0 Å². The third-order valence-corrected chi connectivity index (χ3v) is 6.29. The Balaban J connectivity index is 1.87. The summed E-state index contributed by atoms with van der Waals surface area (Å²) in [6.07, 6.45) is 1.72. The summed E-state index contributed by atoms with van der Waals surface area (Å²) in [5.74, 6) is 1.49. The van der Waals surface area contributed by atoms with Crippen molar-refractivity contribution >= 4 is 5.91 Å². The zero-order valence-corrected chi connectivity index (χ0v) is 18.7. The minimum Gasteiger partial charge on any atom is -0.508 e. The van der Waals surface area contributed by atoms with Crippen LogP contribution in [-0.4, -0.2) is 49.8 Å². The quantitative estimate of drug-likeness (QED) is 0.571. The molecule has 1 amide bonds. The molecule has 32 heavy (non-hydrogen) atoms. The van der Waals surface area contributed by atoms with Gasteiger partial charge in [-0.15, -0.1) is 6.58 Å². The van der Waals surface area contributed by atoms with Crippen molar-refractivity contribution in [1.82, 2.24) is 15.8 Å². The van der Waals surface area contributed by atoms with E-state index in [1.54, 1.807) is 38.4 Å². The van der Waals surface area contributed by atoms with Gasteiger partial charge in [0.15, 0.2) is 11.5 Å². The van der Waals surface area contributed by atoms with Crippen LogP contribution in [0.4, 0.5) is 0 Å². The predicted octanol–water partition coefficient (Wildman–Crippen LogP) is 2.63. The summed E-state index contributed by atoms with van der Waals surface area (Å²) in [5, 5.41) is 10.6. The van der Waals surface area contributed by atoms with Crippen LogP contribution in [0.1, 0.15) is 28.8 Å². The normalized spacial score (nSPS) is 24.4. The Bertz CT molecular complexity index is 1020. The molecule has 2 aromatic rings. The molecule has 170 valence electrons. The highest BCUT2D eigenvalue weighted by molar-refractivity contribution is 5.86. The molecule has 0 radical (unpaired) electrons. The predicted molar refractivity (Wildman–Crippen MR) is 120 cm³/mol. The van der Waals surface area contributed by atoms with E-state index in [2.05, 4.69) is 17.4 Å². The molecular formula is C24H29N3O5. The number of rotatable bonds is 7. The Morgan fingerprint density at radius 3 is 2.31 bits per heavy atom. The third kappa shape index (κ3) is 3.45. The SMILES string of the molecule is C=CCN1C(=O)C2NNC(c3cc(C)ccc3O)C2C1c1cc(OC)c(OC)c(OC)c1. The van der Waals surface area contributed by atoms with Gasteiger partial charge in [-0.2, -0.15) is 0 Å². The number of phenolic OH excluding ortho intramolecular Hbond substituents is 1. The molecule has 8 heteroatoms. The second-order valence-electron chi connectivity index (χ2n) is 8.07. The van der Waals surface area contributed by atoms with Gasteiger partial charge in [-0.05, 0) is 30.7 Å². The number of nitrogens with one attached hydrogen (secondary N) is 2. The summed E-state index contributed by atoms with van der Waals surface area (Å²) in [4.78, 5) is 15.1. The molecule has 2 aliphatic rings. The Morgan fingerprint density at radius 1 is 1.06 bits per heavy atom. The molecule has 8 nitrogen and oxygen atoms in total. The van der Waals surface area contributed by atoms with Gasteiger partial charge in [-0.1, -0.05) is 23.8 Å². The van der Waals surface area contributed by atoms with Gasteiger partial charge < -0.3 is 24.2 Å². The van der Waals surface area contributed by atoms with E-state index in [-0.39, 0.29) is 29.7 Å². The molecule has 0 spiro atoms. The maximum atomic E-state index is 13.3. The number of nitrogens with zero attached hydrogens (tertiary/aromatic N) is 1. The Kier molecular flexibility index (Phi) is 5.99. The van der Waals surface area contributed by atoms with E-state index in [4.69, 9.17) is 14.2 Å². The van der Waals surface area contributed by atoms with E-state index < -0.39 is 6.04 Å². The van der Waals surface area contributed by atoms with Crippen LogP contribution in [0.15, 0.2) is 43.0 Å². The van der Waals surface area contributed by atoms with E-state index in [0.29, 0.717) is 23.8 Å². The fraction of sp³-hybridized carbons (Fsp3) is 0.375. The largest absolute Gasteiger partial charge is 0.508 e. The lowest BCUT2D eigenvalue weighted by Gasteiger charge is -2.31. The molecule has 2 aliphatic heterocycles. The Morgan fingerprint density at radius 2 is 1.72 bits per heavy atom. The highest BCUT2D eigenvalue weighted by Gasteiger charge is 2.55. The first-order valence-electron chi connectivity index (χ1n) is 10.5. The van der Waals surface area contributed by atoms with Crippen molar-refractivity contribution in [2.24, 2.45) is 5.92 Å². The molecule has 0 bridgehead atoms. The number of carbonyl (C=O) groups excluding carboxylic acids is 1. The van der Waals surface area contributed by atoms with Gasteiger partial charge in [0.25, 0.3) is 0 Å². The number of hydrogen-bond acceptors (Lipinski definition) is 7. The van der Waals surface area contributed by atoms with E-state index in [9.17, 15) is 9.90 Å². The first kappa shape index (κ1) is 22.0. The summed E-state index contributed by atoms with van der Waals surface area (Å²) < 4.78 is 16.6. The number of carbonyl (C=O) groups is 1. The maximum Gasteiger partial charge on any atom is 0.242 e. The third-order valence-electron chi connectivity index (χ3n) is 6.29. The van der Waals surface area contributed by atoms with Crippen LogP contribution in [0.3, 0.4) is 0 Å². The van der Waals surface area contributed by atoms with E-state index in [1.165, 1.54) is 0 Å². The molecular weight excluding hydrogens is 410 g/mol. The summed E-state index contributed by atoms with van der Waals surface area (Å²) in [5.41, 5.74) is 9.03. The number of ether oxygens (including phenoxy) is 3. The lowest BCUT2D eigenvalue weighted by Crippen LogP contribution is -2.41. The summed E-state index contributed by atoms with van der Waals surface area (Å²) >= 11 is 0. The van der Waals surface area contributed by atoms with Crippen molar-refractivity contribution in [3.63, 3.8) is 0 Å². The Hall–Kier alpha value is -3.23. The molecule has 0 saturated carbocycles. The van der Waals surface area contributed by atoms with Crippen molar-refractivity contribution < 1.29 is 24.1 Å². The molecule has 2 saturated heterocycles. The van der Waals surface area contributed by atoms with E-state index in [1.807, 2.05) is 31.2 Å². The van der Waals surface area contributed by atoms with Gasteiger partial charge in [0, 0.05) is 18.0 Å². The molecule has 2 heterocycles. The topological polar surface area (TPSA) is 92.3 Å². The van der Waals surface area contributed by atoms with Crippen LogP contribution < -0.4 is 25.1 Å². The monoisotopic (exact) mass is 439 g/mol. The zero-order chi connectivity index (χ0) is 23.0. The molecule has 3 N–H and O–H groups in total. The number of aryl methyl sites for hydroxylation is 1. The smallest absolute Gasteiger partial charge is 0.242 e. The van der Waals surface area contributed by atoms with Gasteiger partial charge in [-0.25, -0.2) is 10.9 Å². The zero-order valence-electron chi connectivity index (χ0n) is 18.7. The first-order valence-corrected chi connectivity index (χ1v) is 10.5. The van der Waals surface area contributed by atoms with Crippen LogP contribution in [-0.2, 0) is 4.79 Å². The second kappa shape index (κ2) is 8.72. The minimum atomic E-state index is -0.455. The highest BCUT2D eigenvalue weighted by atomic mass is 16.5. The number of methoxy groups -OCH3 is 3. The molecule has 4 unspecified atom stereocenters. The number of fused-ring (bicyclic) bond motifs is 1. The number of amides is 1. The van der Waals surface area contributed by atoms with Gasteiger partial charge >= 0.3 is 0 Å². The summed E-state index contributed by atoms with van der Waals surface area (Å²) in [6, 6.07) is 8.19. The van der Waals surface area contributed by atoms with Gasteiger partial charge in [-0.3, -0.25) is 4.79 Å². The number of benzene rings is 2. The van der Waals surface area contributed by atoms with Crippen LogP contribution >= 0.6 is 0 Å². The summed E-state index contributed by atoms with van der Waals surface area (Å²) in [6.45, 7) is 6.20. The van der Waals surface area contributed by atoms with Crippen molar-refractivity contribution in [3.8, 4) is 23.0 Å². The van der Waals surface area contributed by atoms with Crippen LogP contribution in [0, 0.1) is 12.8 Å². The number of aromatic hydroxyl groups is 1. The standard InChI is InChI=1S/C24H29N3O5/c1-6-9-27-22(14-11-17(30-3)23(32-5)18(12-14)31-4)19-20(25-26-21(19)24(27)29)15-10-13(2)7-8-16(15)28/h6-8,10-12,19-22,25-26,28H,1,9H2,2-5H3.